The van der Waals surface area contributed by atoms with E-state index < -0.39 is 21.8 Å². The van der Waals surface area contributed by atoms with E-state index in [9.17, 15) is 13.2 Å². The van der Waals surface area contributed by atoms with Crippen LogP contribution in [0.25, 0.3) is 0 Å². The maximum absolute atomic E-state index is 11.6. The van der Waals surface area contributed by atoms with Crippen molar-refractivity contribution in [1.82, 2.24) is 9.44 Å². The van der Waals surface area contributed by atoms with E-state index in [4.69, 9.17) is 5.26 Å². The minimum Gasteiger partial charge on any atom is -0.452 e. The van der Waals surface area contributed by atoms with Crippen LogP contribution < -0.4 is 9.44 Å². The Morgan fingerprint density at radius 2 is 1.94 bits per heavy atom. The number of methoxy groups -OCH3 is 1. The number of nitrogens with zero attached hydrogens (tertiary/aromatic N) is 1. The standard InChI is InChI=1S/C9H15N3O4S/c1-16-8(13)11-17(14,15)12-9(7-10)5-3-2-4-6-9/h12H,2-6H2,1H3,(H,11,13). The summed E-state index contributed by atoms with van der Waals surface area (Å²) in [6.07, 6.45) is 2.37. The molecule has 1 fully saturated rings. The molecule has 2 N–H and O–H groups in total. The molecular weight excluding hydrogens is 246 g/mol. The first-order valence-corrected chi connectivity index (χ1v) is 6.72. The Hall–Kier alpha value is -1.33. The second kappa shape index (κ2) is 5.33. The van der Waals surface area contributed by atoms with Gasteiger partial charge >= 0.3 is 16.3 Å². The Morgan fingerprint density at radius 1 is 1.35 bits per heavy atom. The summed E-state index contributed by atoms with van der Waals surface area (Å²) < 4.78 is 31.2. The molecule has 17 heavy (non-hydrogen) atoms. The Bertz CT molecular complexity index is 420. The normalized spacial score (nSPS) is 19.1. The van der Waals surface area contributed by atoms with Crippen molar-refractivity contribution in [3.63, 3.8) is 0 Å². The van der Waals surface area contributed by atoms with Crippen molar-refractivity contribution in [2.45, 2.75) is 37.6 Å². The topological polar surface area (TPSA) is 108 Å². The minimum absolute atomic E-state index is 0.450. The maximum Gasteiger partial charge on any atom is 0.421 e. The van der Waals surface area contributed by atoms with E-state index in [0.717, 1.165) is 26.4 Å². The highest BCUT2D eigenvalue weighted by atomic mass is 32.2. The van der Waals surface area contributed by atoms with Crippen LogP contribution in [-0.2, 0) is 14.9 Å². The molecule has 1 rings (SSSR count). The Balaban J connectivity index is 2.74. The second-order valence-corrected chi connectivity index (χ2v) is 5.37. The van der Waals surface area contributed by atoms with Crippen LogP contribution in [0.4, 0.5) is 4.79 Å². The fourth-order valence-electron chi connectivity index (χ4n) is 1.83. The third kappa shape index (κ3) is 3.87. The van der Waals surface area contributed by atoms with Crippen molar-refractivity contribution in [3.8, 4) is 6.07 Å². The summed E-state index contributed by atoms with van der Waals surface area (Å²) in [5.41, 5.74) is -1.11. The molecule has 0 spiro atoms. The molecule has 0 atom stereocenters. The Morgan fingerprint density at radius 3 is 2.41 bits per heavy atom. The number of ether oxygens (including phenoxy) is 1. The fourth-order valence-corrected chi connectivity index (χ4v) is 2.94. The van der Waals surface area contributed by atoms with Crippen LogP contribution in [0.2, 0.25) is 0 Å². The van der Waals surface area contributed by atoms with E-state index in [1.165, 1.54) is 0 Å². The number of nitrogens with one attached hydrogen (secondary N) is 2. The van der Waals surface area contributed by atoms with Gasteiger partial charge in [0.1, 0.15) is 5.54 Å². The molecule has 0 saturated heterocycles. The highest BCUT2D eigenvalue weighted by molar-refractivity contribution is 7.88. The fraction of sp³-hybridized carbons (Fsp3) is 0.778. The van der Waals surface area contributed by atoms with Crippen LogP contribution >= 0.6 is 0 Å². The monoisotopic (exact) mass is 261 g/mol. The largest absolute Gasteiger partial charge is 0.452 e. The van der Waals surface area contributed by atoms with Gasteiger partial charge in [-0.15, -0.1) is 0 Å². The van der Waals surface area contributed by atoms with Crippen LogP contribution in [0.1, 0.15) is 32.1 Å². The molecule has 1 saturated carbocycles. The van der Waals surface area contributed by atoms with Gasteiger partial charge in [0.2, 0.25) is 0 Å². The highest BCUT2D eigenvalue weighted by Crippen LogP contribution is 2.27. The molecule has 0 aromatic heterocycles. The number of hydrogen-bond acceptors (Lipinski definition) is 5. The zero-order valence-corrected chi connectivity index (χ0v) is 10.3. The summed E-state index contributed by atoms with van der Waals surface area (Å²) in [5.74, 6) is 0. The molecule has 1 aliphatic carbocycles. The molecule has 7 nitrogen and oxygen atoms in total. The summed E-state index contributed by atoms with van der Waals surface area (Å²) in [6.45, 7) is 0. The van der Waals surface area contributed by atoms with Crippen LogP contribution in [0.15, 0.2) is 0 Å². The van der Waals surface area contributed by atoms with E-state index in [1.54, 1.807) is 4.72 Å². The summed E-state index contributed by atoms with van der Waals surface area (Å²) in [4.78, 5) is 10.8. The average molecular weight is 261 g/mol. The van der Waals surface area contributed by atoms with E-state index in [1.807, 2.05) is 6.07 Å². The predicted octanol–water partition coefficient (Wildman–Crippen LogP) is 0.403. The lowest BCUT2D eigenvalue weighted by Crippen LogP contribution is -2.53. The van der Waals surface area contributed by atoms with Gasteiger partial charge in [0.25, 0.3) is 0 Å². The van der Waals surface area contributed by atoms with Crippen molar-refractivity contribution < 1.29 is 17.9 Å². The molecule has 0 aromatic rings. The molecule has 1 aliphatic rings. The number of carbonyl (C=O) groups is 1. The number of hydrogen-bond donors (Lipinski definition) is 2. The third-order valence-electron chi connectivity index (χ3n) is 2.65. The first-order valence-electron chi connectivity index (χ1n) is 5.24. The number of nitriles is 1. The van der Waals surface area contributed by atoms with Gasteiger partial charge in [-0.05, 0) is 12.8 Å². The van der Waals surface area contributed by atoms with Gasteiger partial charge in [0, 0.05) is 0 Å². The van der Waals surface area contributed by atoms with E-state index >= 15 is 0 Å². The predicted molar refractivity (Wildman–Crippen MR) is 59.0 cm³/mol. The number of carbonyl (C=O) groups excluding carboxylic acids is 1. The molecule has 8 heteroatoms. The van der Waals surface area contributed by atoms with Crippen LogP contribution in [-0.4, -0.2) is 27.2 Å². The summed E-state index contributed by atoms with van der Waals surface area (Å²) in [5, 5.41) is 9.08. The number of rotatable bonds is 3. The molecule has 0 unspecified atom stereocenters. The lowest BCUT2D eigenvalue weighted by molar-refractivity contribution is 0.177. The van der Waals surface area contributed by atoms with E-state index in [0.29, 0.717) is 12.8 Å². The minimum atomic E-state index is -4.06. The lowest BCUT2D eigenvalue weighted by Gasteiger charge is -2.30. The van der Waals surface area contributed by atoms with Crippen molar-refractivity contribution in [3.05, 3.63) is 0 Å². The summed E-state index contributed by atoms with van der Waals surface area (Å²) in [7, 11) is -3.00. The van der Waals surface area contributed by atoms with Gasteiger partial charge in [-0.2, -0.15) is 18.4 Å². The molecule has 0 heterocycles. The zero-order chi connectivity index (χ0) is 12.9. The quantitative estimate of drug-likeness (QED) is 0.764. The summed E-state index contributed by atoms with van der Waals surface area (Å²) >= 11 is 0. The van der Waals surface area contributed by atoms with Crippen molar-refractivity contribution in [2.24, 2.45) is 0 Å². The van der Waals surface area contributed by atoms with Gasteiger partial charge in [-0.25, -0.2) is 9.52 Å². The van der Waals surface area contributed by atoms with E-state index in [2.05, 4.69) is 9.46 Å². The number of amides is 1. The van der Waals surface area contributed by atoms with Gasteiger partial charge in [-0.1, -0.05) is 19.3 Å². The second-order valence-electron chi connectivity index (χ2n) is 3.95. The molecule has 0 bridgehead atoms. The van der Waals surface area contributed by atoms with Crippen molar-refractivity contribution >= 4 is 16.3 Å². The molecular formula is C9H15N3O4S. The molecule has 1 amide bonds. The van der Waals surface area contributed by atoms with Gasteiger partial charge in [-0.3, -0.25) is 0 Å². The van der Waals surface area contributed by atoms with Crippen molar-refractivity contribution in [2.75, 3.05) is 7.11 Å². The Kier molecular flexibility index (Phi) is 4.31. The molecule has 0 aromatic carbocycles. The van der Waals surface area contributed by atoms with Crippen LogP contribution in [0.3, 0.4) is 0 Å². The van der Waals surface area contributed by atoms with Gasteiger partial charge in [0.05, 0.1) is 13.2 Å². The average Bonchev–Trinajstić information content (AvgIpc) is 2.28. The summed E-state index contributed by atoms with van der Waals surface area (Å²) in [6, 6.07) is 1.98. The third-order valence-corrected chi connectivity index (χ3v) is 3.75. The van der Waals surface area contributed by atoms with Crippen molar-refractivity contribution in [1.29, 1.82) is 5.26 Å². The van der Waals surface area contributed by atoms with Gasteiger partial charge in [0.15, 0.2) is 0 Å². The maximum atomic E-state index is 11.6. The smallest absolute Gasteiger partial charge is 0.421 e. The lowest BCUT2D eigenvalue weighted by atomic mass is 9.84. The molecule has 0 aliphatic heterocycles. The molecule has 96 valence electrons. The Labute approximate surface area is 100 Å². The van der Waals surface area contributed by atoms with E-state index in [-0.39, 0.29) is 0 Å². The van der Waals surface area contributed by atoms with Gasteiger partial charge < -0.3 is 4.74 Å². The van der Waals surface area contributed by atoms with Crippen LogP contribution in [0, 0.1) is 11.3 Å². The molecule has 0 radical (unpaired) electrons. The zero-order valence-electron chi connectivity index (χ0n) is 9.52. The highest BCUT2D eigenvalue weighted by Gasteiger charge is 2.36. The van der Waals surface area contributed by atoms with Crippen LogP contribution in [0.5, 0.6) is 0 Å². The first-order chi connectivity index (χ1) is 7.93. The SMILES string of the molecule is COC(=O)NS(=O)(=O)NC1(C#N)CCCCC1. The first kappa shape index (κ1) is 13.7.